The summed E-state index contributed by atoms with van der Waals surface area (Å²) >= 11 is 0. The highest BCUT2D eigenvalue weighted by atomic mass is 32.2. The second-order valence-corrected chi connectivity index (χ2v) is 9.63. The summed E-state index contributed by atoms with van der Waals surface area (Å²) < 4.78 is 24.5. The zero-order valence-electron chi connectivity index (χ0n) is 15.8. The number of nitrogens with zero attached hydrogens (tertiary/aromatic N) is 5. The Labute approximate surface area is 155 Å². The van der Waals surface area contributed by atoms with Crippen molar-refractivity contribution in [3.8, 4) is 0 Å². The Morgan fingerprint density at radius 1 is 1.15 bits per heavy atom. The molecule has 0 spiro atoms. The molecule has 8 nitrogen and oxygen atoms in total. The molecule has 26 heavy (non-hydrogen) atoms. The second kappa shape index (κ2) is 7.03. The molecule has 0 unspecified atom stereocenters. The third kappa shape index (κ3) is 3.78. The molecule has 2 aliphatic heterocycles. The van der Waals surface area contributed by atoms with Crippen LogP contribution in [0.3, 0.4) is 0 Å². The third-order valence-corrected chi connectivity index (χ3v) is 6.77. The number of fused-ring (bicyclic) bond motifs is 1. The van der Waals surface area contributed by atoms with Gasteiger partial charge in [-0.05, 0) is 11.6 Å². The fraction of sp³-hybridized carbons (Fsp3) is 0.647. The minimum absolute atomic E-state index is 0.0472. The summed E-state index contributed by atoms with van der Waals surface area (Å²) in [6, 6.07) is 3.43. The van der Waals surface area contributed by atoms with Crippen LogP contribution in [-0.2, 0) is 16.4 Å². The lowest BCUT2D eigenvalue weighted by Gasteiger charge is -2.44. The van der Waals surface area contributed by atoms with Gasteiger partial charge < -0.3 is 14.7 Å². The Morgan fingerprint density at radius 3 is 2.42 bits per heavy atom. The highest BCUT2D eigenvalue weighted by Crippen LogP contribution is 2.28. The molecular formula is C17H27N5O3S. The van der Waals surface area contributed by atoms with Crippen molar-refractivity contribution in [1.29, 1.82) is 0 Å². The Balaban J connectivity index is 1.78. The lowest BCUT2D eigenvalue weighted by molar-refractivity contribution is 0.0520. The van der Waals surface area contributed by atoms with Gasteiger partial charge in [-0.1, -0.05) is 6.07 Å². The number of sulfone groups is 1. The topological polar surface area (TPSA) is 77.1 Å². The molecule has 0 saturated carbocycles. The van der Waals surface area contributed by atoms with E-state index in [2.05, 4.69) is 9.88 Å². The van der Waals surface area contributed by atoms with Crippen LogP contribution in [0.25, 0.3) is 0 Å². The first kappa shape index (κ1) is 18.9. The van der Waals surface area contributed by atoms with Gasteiger partial charge in [-0.25, -0.2) is 18.2 Å². The van der Waals surface area contributed by atoms with Crippen molar-refractivity contribution in [2.45, 2.75) is 18.6 Å². The van der Waals surface area contributed by atoms with Crippen molar-refractivity contribution in [2.75, 3.05) is 57.7 Å². The monoisotopic (exact) mass is 381 g/mol. The maximum atomic E-state index is 12.4. The van der Waals surface area contributed by atoms with Crippen LogP contribution in [0, 0.1) is 0 Å². The van der Waals surface area contributed by atoms with Gasteiger partial charge in [0.2, 0.25) is 0 Å². The molecule has 2 fully saturated rings. The highest BCUT2D eigenvalue weighted by molar-refractivity contribution is 7.91. The van der Waals surface area contributed by atoms with E-state index in [0.29, 0.717) is 19.6 Å². The zero-order chi connectivity index (χ0) is 19.1. The first-order valence-electron chi connectivity index (χ1n) is 8.72. The number of pyridine rings is 1. The van der Waals surface area contributed by atoms with E-state index in [4.69, 9.17) is 0 Å². The molecule has 0 aliphatic carbocycles. The fourth-order valence-electron chi connectivity index (χ4n) is 3.72. The number of urea groups is 1. The smallest absolute Gasteiger partial charge is 0.319 e. The molecule has 0 N–H and O–H groups in total. The molecule has 2 atom stereocenters. The highest BCUT2D eigenvalue weighted by Gasteiger charge is 2.48. The second-order valence-electron chi connectivity index (χ2n) is 7.47. The number of carbonyl (C=O) groups is 1. The molecule has 1 aromatic heterocycles. The van der Waals surface area contributed by atoms with E-state index in [1.54, 1.807) is 19.0 Å². The third-order valence-electron chi connectivity index (χ3n) is 5.07. The molecule has 3 rings (SSSR count). The van der Waals surface area contributed by atoms with Gasteiger partial charge >= 0.3 is 6.03 Å². The summed E-state index contributed by atoms with van der Waals surface area (Å²) in [4.78, 5) is 24.2. The van der Waals surface area contributed by atoms with Crippen molar-refractivity contribution in [3.05, 3.63) is 23.9 Å². The number of aromatic nitrogens is 1. The van der Waals surface area contributed by atoms with Crippen LogP contribution in [0.2, 0.25) is 0 Å². The Kier molecular flexibility index (Phi) is 5.12. The molecule has 0 aromatic carbocycles. The van der Waals surface area contributed by atoms with Gasteiger partial charge in [0.25, 0.3) is 0 Å². The summed E-state index contributed by atoms with van der Waals surface area (Å²) in [6.45, 7) is 1.84. The molecule has 2 amide bonds. The Hall–Kier alpha value is -1.87. The van der Waals surface area contributed by atoms with E-state index in [9.17, 15) is 13.2 Å². The van der Waals surface area contributed by atoms with Gasteiger partial charge in [0.05, 0.1) is 17.5 Å². The first-order valence-corrected chi connectivity index (χ1v) is 10.5. The molecule has 2 aliphatic rings. The Bertz CT molecular complexity index is 763. The van der Waals surface area contributed by atoms with E-state index >= 15 is 0 Å². The van der Waals surface area contributed by atoms with E-state index in [1.165, 1.54) is 4.90 Å². The molecule has 9 heteroatoms. The van der Waals surface area contributed by atoms with E-state index in [-0.39, 0.29) is 29.6 Å². The molecule has 0 bridgehead atoms. The molecule has 0 radical (unpaired) electrons. The normalized spacial score (nSPS) is 25.0. The largest absolute Gasteiger partial charge is 0.363 e. The van der Waals surface area contributed by atoms with Crippen LogP contribution in [0.15, 0.2) is 18.3 Å². The van der Waals surface area contributed by atoms with Gasteiger partial charge in [-0.2, -0.15) is 0 Å². The van der Waals surface area contributed by atoms with Gasteiger partial charge in [-0.15, -0.1) is 0 Å². The minimum Gasteiger partial charge on any atom is -0.363 e. The number of hydrogen-bond acceptors (Lipinski definition) is 6. The van der Waals surface area contributed by atoms with Gasteiger partial charge in [0.1, 0.15) is 5.82 Å². The predicted molar refractivity (Wildman–Crippen MR) is 101 cm³/mol. The number of rotatable bonds is 3. The maximum Gasteiger partial charge on any atom is 0.319 e. The molecule has 1 aromatic rings. The van der Waals surface area contributed by atoms with Crippen molar-refractivity contribution in [2.24, 2.45) is 0 Å². The molecular weight excluding hydrogens is 354 g/mol. The van der Waals surface area contributed by atoms with Crippen molar-refractivity contribution in [1.82, 2.24) is 19.7 Å². The summed E-state index contributed by atoms with van der Waals surface area (Å²) in [6.07, 6.45) is 1.84. The summed E-state index contributed by atoms with van der Waals surface area (Å²) in [7, 11) is 4.14. The lowest BCUT2D eigenvalue weighted by atomic mass is 10.0. The Morgan fingerprint density at radius 2 is 1.85 bits per heavy atom. The van der Waals surface area contributed by atoms with Crippen LogP contribution in [0.5, 0.6) is 0 Å². The standard InChI is InChI=1S/C17H27N5O3S/c1-19(2)16-6-5-13(9-18-16)10-21-7-8-22(17(23)20(3)4)15-12-26(24,25)11-14(15)21/h5-6,9,14-15H,7-8,10-12H2,1-4H3/t14-,15+/m0/s1. The summed E-state index contributed by atoms with van der Waals surface area (Å²) in [5, 5.41) is 0. The fourth-order valence-corrected chi connectivity index (χ4v) is 5.74. The summed E-state index contributed by atoms with van der Waals surface area (Å²) in [5.41, 5.74) is 1.05. The zero-order valence-corrected chi connectivity index (χ0v) is 16.6. The average Bonchev–Trinajstić information content (AvgIpc) is 2.90. The lowest BCUT2D eigenvalue weighted by Crippen LogP contribution is -2.61. The number of piperazine rings is 1. The van der Waals surface area contributed by atoms with Crippen molar-refractivity contribution < 1.29 is 13.2 Å². The van der Waals surface area contributed by atoms with E-state index in [0.717, 1.165) is 11.4 Å². The van der Waals surface area contributed by atoms with Crippen molar-refractivity contribution in [3.63, 3.8) is 0 Å². The minimum atomic E-state index is -3.14. The van der Waals surface area contributed by atoms with E-state index in [1.807, 2.05) is 37.3 Å². The average molecular weight is 382 g/mol. The number of amides is 2. The quantitative estimate of drug-likeness (QED) is 0.740. The van der Waals surface area contributed by atoms with Crippen molar-refractivity contribution >= 4 is 21.7 Å². The number of hydrogen-bond donors (Lipinski definition) is 0. The van der Waals surface area contributed by atoms with Crippen LogP contribution >= 0.6 is 0 Å². The number of anilines is 1. The van der Waals surface area contributed by atoms with Gasteiger partial charge in [0.15, 0.2) is 9.84 Å². The first-order chi connectivity index (χ1) is 12.2. The van der Waals surface area contributed by atoms with Crippen LogP contribution < -0.4 is 4.90 Å². The van der Waals surface area contributed by atoms with Gasteiger partial charge in [0, 0.05) is 60.1 Å². The van der Waals surface area contributed by atoms with Crippen LogP contribution in [-0.4, -0.2) is 99.0 Å². The molecule has 2 saturated heterocycles. The number of carbonyl (C=O) groups excluding carboxylic acids is 1. The van der Waals surface area contributed by atoms with E-state index < -0.39 is 9.84 Å². The van der Waals surface area contributed by atoms with Crippen LogP contribution in [0.4, 0.5) is 10.6 Å². The molecule has 3 heterocycles. The SMILES string of the molecule is CN(C)C(=O)N1CCN(Cc2ccc(N(C)C)nc2)[C@H]2CS(=O)(=O)C[C@H]21. The summed E-state index contributed by atoms with van der Waals surface area (Å²) in [5.74, 6) is 1.04. The predicted octanol–water partition coefficient (Wildman–Crippen LogP) is 0.112. The van der Waals surface area contributed by atoms with Crippen LogP contribution in [0.1, 0.15) is 5.56 Å². The maximum absolute atomic E-state index is 12.4. The van der Waals surface area contributed by atoms with Gasteiger partial charge in [-0.3, -0.25) is 4.90 Å². The molecule has 144 valence electrons.